The second-order valence-electron chi connectivity index (χ2n) is 5.93. The van der Waals surface area contributed by atoms with Gasteiger partial charge in [-0.1, -0.05) is 29.8 Å². The van der Waals surface area contributed by atoms with Crippen molar-refractivity contribution in [3.8, 4) is 5.75 Å². The zero-order valence-corrected chi connectivity index (χ0v) is 16.5. The van der Waals surface area contributed by atoms with E-state index in [9.17, 15) is 9.59 Å². The Labute approximate surface area is 161 Å². The zero-order valence-electron chi connectivity index (χ0n) is 14.9. The number of carbonyl (C=O) groups is 2. The summed E-state index contributed by atoms with van der Waals surface area (Å²) in [5.74, 6) is 0.288. The van der Waals surface area contributed by atoms with Gasteiger partial charge in [-0.3, -0.25) is 9.59 Å². The molecule has 0 unspecified atom stereocenters. The predicted molar refractivity (Wildman–Crippen MR) is 108 cm³/mol. The van der Waals surface area contributed by atoms with E-state index in [-0.39, 0.29) is 17.7 Å². The molecule has 0 spiro atoms. The lowest BCUT2D eigenvalue weighted by Gasteiger charge is -2.09. The van der Waals surface area contributed by atoms with Gasteiger partial charge in [0.2, 0.25) is 11.8 Å². The van der Waals surface area contributed by atoms with Crippen LogP contribution in [0.4, 0.5) is 11.4 Å². The van der Waals surface area contributed by atoms with Crippen molar-refractivity contribution < 1.29 is 14.3 Å². The fourth-order valence-electron chi connectivity index (χ4n) is 2.11. The maximum atomic E-state index is 12.1. The lowest BCUT2D eigenvalue weighted by atomic mass is 10.2. The highest BCUT2D eigenvalue weighted by atomic mass is 79.9. The van der Waals surface area contributed by atoms with E-state index in [4.69, 9.17) is 4.74 Å². The molecule has 2 aromatic carbocycles. The predicted octanol–water partition coefficient (Wildman–Crippen LogP) is 4.70. The number of nitrogens with one attached hydrogen (secondary N) is 2. The van der Waals surface area contributed by atoms with Gasteiger partial charge in [0.15, 0.2) is 0 Å². The number of ether oxygens (including phenoxy) is 1. The average molecular weight is 417 g/mol. The Hall–Kier alpha value is -2.60. The van der Waals surface area contributed by atoms with Crippen LogP contribution in [0.1, 0.15) is 19.4 Å². The zero-order chi connectivity index (χ0) is 19.1. The maximum Gasteiger partial charge on any atom is 0.248 e. The van der Waals surface area contributed by atoms with Gasteiger partial charge >= 0.3 is 0 Å². The third-order valence-corrected chi connectivity index (χ3v) is 4.04. The van der Waals surface area contributed by atoms with Crippen molar-refractivity contribution in [2.75, 3.05) is 17.7 Å². The molecule has 2 amide bonds. The van der Waals surface area contributed by atoms with Crippen LogP contribution in [-0.4, -0.2) is 18.9 Å². The monoisotopic (exact) mass is 416 g/mol. The summed E-state index contributed by atoms with van der Waals surface area (Å²) in [6.07, 6.45) is 3.13. The molecule has 136 valence electrons. The summed E-state index contributed by atoms with van der Waals surface area (Å²) in [6, 6.07) is 12.5. The van der Waals surface area contributed by atoms with Crippen LogP contribution in [0.15, 0.2) is 53.0 Å². The minimum atomic E-state index is -0.258. The molecule has 2 rings (SSSR count). The van der Waals surface area contributed by atoms with Crippen molar-refractivity contribution in [1.29, 1.82) is 0 Å². The molecule has 0 fully saturated rings. The quantitative estimate of drug-likeness (QED) is 0.670. The molecular formula is C20H21BrN2O3. The van der Waals surface area contributed by atoms with Gasteiger partial charge in [0, 0.05) is 33.4 Å². The molecule has 0 saturated heterocycles. The third kappa shape index (κ3) is 5.74. The summed E-state index contributed by atoms with van der Waals surface area (Å²) in [5.41, 5.74) is 2.13. The first-order valence-electron chi connectivity index (χ1n) is 8.12. The van der Waals surface area contributed by atoms with E-state index in [0.29, 0.717) is 17.1 Å². The minimum Gasteiger partial charge on any atom is -0.496 e. The van der Waals surface area contributed by atoms with Gasteiger partial charge in [0.25, 0.3) is 0 Å². The molecule has 26 heavy (non-hydrogen) atoms. The molecular weight excluding hydrogens is 396 g/mol. The number of halogens is 1. The highest BCUT2D eigenvalue weighted by molar-refractivity contribution is 9.10. The van der Waals surface area contributed by atoms with Gasteiger partial charge in [-0.25, -0.2) is 0 Å². The third-order valence-electron chi connectivity index (χ3n) is 3.55. The molecule has 0 radical (unpaired) electrons. The fraction of sp³-hybridized carbons (Fsp3) is 0.200. The smallest absolute Gasteiger partial charge is 0.248 e. The number of anilines is 2. The van der Waals surface area contributed by atoms with Crippen LogP contribution in [-0.2, 0) is 9.59 Å². The van der Waals surface area contributed by atoms with Crippen LogP contribution in [0.5, 0.6) is 5.75 Å². The topological polar surface area (TPSA) is 67.4 Å². The van der Waals surface area contributed by atoms with E-state index >= 15 is 0 Å². The first-order chi connectivity index (χ1) is 12.4. The number of hydrogen-bond donors (Lipinski definition) is 2. The second-order valence-corrected chi connectivity index (χ2v) is 6.85. The van der Waals surface area contributed by atoms with Crippen LogP contribution >= 0.6 is 15.9 Å². The van der Waals surface area contributed by atoms with Crippen molar-refractivity contribution in [3.05, 3.63) is 58.6 Å². The van der Waals surface area contributed by atoms with Crippen LogP contribution in [0.2, 0.25) is 0 Å². The summed E-state index contributed by atoms with van der Waals surface area (Å²) in [7, 11) is 1.58. The summed E-state index contributed by atoms with van der Waals surface area (Å²) >= 11 is 3.40. The molecule has 0 heterocycles. The van der Waals surface area contributed by atoms with Gasteiger partial charge < -0.3 is 15.4 Å². The Morgan fingerprint density at radius 2 is 1.65 bits per heavy atom. The molecule has 6 heteroatoms. The number of rotatable bonds is 6. The van der Waals surface area contributed by atoms with Crippen LogP contribution in [0.25, 0.3) is 6.08 Å². The summed E-state index contributed by atoms with van der Waals surface area (Å²) in [5, 5.41) is 5.58. The molecule has 0 aromatic heterocycles. The Morgan fingerprint density at radius 3 is 2.23 bits per heavy atom. The summed E-state index contributed by atoms with van der Waals surface area (Å²) in [6.45, 7) is 3.66. The normalized spacial score (nSPS) is 10.8. The molecule has 0 atom stereocenters. The van der Waals surface area contributed by atoms with Gasteiger partial charge in [0.05, 0.1) is 7.11 Å². The second kappa shape index (κ2) is 9.20. The van der Waals surface area contributed by atoms with Gasteiger partial charge in [0.1, 0.15) is 5.75 Å². The average Bonchev–Trinajstić information content (AvgIpc) is 2.61. The van der Waals surface area contributed by atoms with E-state index in [0.717, 1.165) is 10.0 Å². The Bertz CT molecular complexity index is 814. The molecule has 5 nitrogen and oxygen atoms in total. The van der Waals surface area contributed by atoms with Crippen molar-refractivity contribution in [2.45, 2.75) is 13.8 Å². The highest BCUT2D eigenvalue weighted by Crippen LogP contribution is 2.24. The van der Waals surface area contributed by atoms with Crippen molar-refractivity contribution in [3.63, 3.8) is 0 Å². The summed E-state index contributed by atoms with van der Waals surface area (Å²) in [4.78, 5) is 23.8. The van der Waals surface area contributed by atoms with Crippen molar-refractivity contribution in [2.24, 2.45) is 5.92 Å². The van der Waals surface area contributed by atoms with Gasteiger partial charge in [-0.15, -0.1) is 0 Å². The number of carbonyl (C=O) groups excluding carboxylic acids is 2. The molecule has 2 aromatic rings. The highest BCUT2D eigenvalue weighted by Gasteiger charge is 2.07. The molecule has 0 aliphatic rings. The Morgan fingerprint density at radius 1 is 1.04 bits per heavy atom. The first-order valence-corrected chi connectivity index (χ1v) is 8.92. The number of hydrogen-bond acceptors (Lipinski definition) is 3. The van der Waals surface area contributed by atoms with Crippen LogP contribution < -0.4 is 15.4 Å². The number of benzene rings is 2. The van der Waals surface area contributed by atoms with Crippen LogP contribution in [0, 0.1) is 5.92 Å². The maximum absolute atomic E-state index is 12.1. The number of amides is 2. The lowest BCUT2D eigenvalue weighted by Crippen LogP contribution is -2.17. The van der Waals surface area contributed by atoms with E-state index < -0.39 is 0 Å². The van der Waals surface area contributed by atoms with Gasteiger partial charge in [-0.2, -0.15) is 0 Å². The van der Waals surface area contributed by atoms with E-state index in [1.54, 1.807) is 37.5 Å². The van der Waals surface area contributed by atoms with Gasteiger partial charge in [-0.05, 0) is 48.5 Å². The Balaban J connectivity index is 1.99. The van der Waals surface area contributed by atoms with E-state index in [1.165, 1.54) is 6.08 Å². The SMILES string of the molecule is COc1ccc(Br)cc1/C=C/C(=O)Nc1ccc(NC(=O)C(C)C)cc1. The van der Waals surface area contributed by atoms with Crippen molar-refractivity contribution >= 4 is 45.2 Å². The largest absolute Gasteiger partial charge is 0.496 e. The fourth-order valence-corrected chi connectivity index (χ4v) is 2.49. The minimum absolute atomic E-state index is 0.0484. The van der Waals surface area contributed by atoms with Crippen LogP contribution in [0.3, 0.4) is 0 Å². The Kier molecular flexibility index (Phi) is 6.97. The van der Waals surface area contributed by atoms with Crippen molar-refractivity contribution in [1.82, 2.24) is 0 Å². The first kappa shape index (κ1) is 19.7. The summed E-state index contributed by atoms with van der Waals surface area (Å²) < 4.78 is 6.17. The lowest BCUT2D eigenvalue weighted by molar-refractivity contribution is -0.119. The standard InChI is InChI=1S/C20H21BrN2O3/c1-13(2)20(25)23-17-8-6-16(7-9-17)22-19(24)11-4-14-12-15(21)5-10-18(14)26-3/h4-13H,1-3H3,(H,22,24)(H,23,25)/b11-4+. The molecule has 0 saturated carbocycles. The molecule has 0 bridgehead atoms. The molecule has 2 N–H and O–H groups in total. The molecule has 0 aliphatic heterocycles. The molecule has 0 aliphatic carbocycles. The van der Waals surface area contributed by atoms with E-state index in [1.807, 2.05) is 32.0 Å². The number of methoxy groups -OCH3 is 1. The van der Waals surface area contributed by atoms with E-state index in [2.05, 4.69) is 26.6 Å².